The highest BCUT2D eigenvalue weighted by Gasteiger charge is 2.62. The second kappa shape index (κ2) is 5.14. The molecule has 0 atom stereocenters. The monoisotopic (exact) mass is 336 g/mol. The minimum absolute atomic E-state index is 0.125. The van der Waals surface area contributed by atoms with Crippen LogP contribution in [-0.4, -0.2) is 38.4 Å². The van der Waals surface area contributed by atoms with E-state index in [9.17, 15) is 49.1 Å². The van der Waals surface area contributed by atoms with E-state index in [4.69, 9.17) is 0 Å². The summed E-state index contributed by atoms with van der Waals surface area (Å²) in [5.74, 6) is -11.9. The van der Waals surface area contributed by atoms with Crippen LogP contribution < -0.4 is 9.96 Å². The Morgan fingerprint density at radius 2 is 1.00 bits per heavy atom. The maximum Gasteiger partial charge on any atom is 0.470 e. The van der Waals surface area contributed by atoms with Crippen LogP contribution in [0.2, 0.25) is 6.55 Å². The molecule has 2 amide bonds. The van der Waals surface area contributed by atoms with E-state index < -0.39 is 38.4 Å². The Morgan fingerprint density at radius 1 is 0.750 bits per heavy atom. The molecule has 0 bridgehead atoms. The highest BCUT2D eigenvalue weighted by molar-refractivity contribution is 6.79. The molecular formula is C6H5F9N2O2Si. The Labute approximate surface area is 105 Å². The summed E-state index contributed by atoms with van der Waals surface area (Å²) < 4.78 is 109. The van der Waals surface area contributed by atoms with Gasteiger partial charge in [0.25, 0.3) is 0 Å². The van der Waals surface area contributed by atoms with Crippen LogP contribution in [0.5, 0.6) is 0 Å². The molecule has 0 rings (SSSR count). The topological polar surface area (TPSA) is 58.2 Å². The van der Waals surface area contributed by atoms with Crippen molar-refractivity contribution in [1.29, 1.82) is 0 Å². The zero-order valence-corrected chi connectivity index (χ0v) is 10.2. The van der Waals surface area contributed by atoms with Gasteiger partial charge in [-0.05, 0) is 6.55 Å². The standard InChI is InChI=1S/C6H5F9N2O2Si/c1-20(6(13,14)15,16-2(18)4(7,8)9)17-3(19)5(10,11)12/h1H3,(H,16,18)(H,17,19). The molecule has 0 saturated carbocycles. The van der Waals surface area contributed by atoms with Crippen molar-refractivity contribution in [1.82, 2.24) is 9.96 Å². The molecule has 20 heavy (non-hydrogen) atoms. The van der Waals surface area contributed by atoms with Gasteiger partial charge in [-0.3, -0.25) is 9.59 Å². The van der Waals surface area contributed by atoms with Crippen LogP contribution in [-0.2, 0) is 9.59 Å². The number of halogens is 9. The molecule has 0 aliphatic carbocycles. The van der Waals surface area contributed by atoms with Crippen LogP contribution in [0.4, 0.5) is 39.5 Å². The van der Waals surface area contributed by atoms with Crippen LogP contribution in [0, 0.1) is 0 Å². The van der Waals surface area contributed by atoms with Crippen LogP contribution in [0.1, 0.15) is 0 Å². The lowest BCUT2D eigenvalue weighted by Crippen LogP contribution is -2.74. The molecule has 0 aromatic heterocycles. The number of alkyl halides is 9. The summed E-state index contributed by atoms with van der Waals surface area (Å²) in [5, 5.41) is 0. The lowest BCUT2D eigenvalue weighted by molar-refractivity contribution is -0.174. The zero-order valence-electron chi connectivity index (χ0n) is 9.22. The van der Waals surface area contributed by atoms with Crippen molar-refractivity contribution in [3.05, 3.63) is 0 Å². The first-order chi connectivity index (χ1) is 8.51. The second-order valence-electron chi connectivity index (χ2n) is 3.53. The molecule has 0 aliphatic heterocycles. The molecule has 0 heterocycles. The molecule has 0 fully saturated rings. The van der Waals surface area contributed by atoms with Gasteiger partial charge in [0.2, 0.25) is 0 Å². The van der Waals surface area contributed by atoms with Crippen molar-refractivity contribution < 1.29 is 49.1 Å². The van der Waals surface area contributed by atoms with Gasteiger partial charge in [-0.15, -0.1) is 0 Å². The van der Waals surface area contributed by atoms with E-state index in [0.717, 1.165) is 0 Å². The van der Waals surface area contributed by atoms with E-state index in [1.807, 2.05) is 0 Å². The fraction of sp³-hybridized carbons (Fsp3) is 0.667. The quantitative estimate of drug-likeness (QED) is 0.593. The third-order valence-corrected chi connectivity index (χ3v) is 4.40. The number of rotatable bonds is 2. The lowest BCUT2D eigenvalue weighted by atomic mass is 10.6. The summed E-state index contributed by atoms with van der Waals surface area (Å²) in [5.41, 5.74) is 0. The normalized spacial score (nSPS) is 13.9. The van der Waals surface area contributed by atoms with Crippen LogP contribution in [0.3, 0.4) is 0 Å². The largest absolute Gasteiger partial charge is 0.470 e. The highest BCUT2D eigenvalue weighted by Crippen LogP contribution is 2.27. The van der Waals surface area contributed by atoms with Crippen molar-refractivity contribution in [2.24, 2.45) is 0 Å². The van der Waals surface area contributed by atoms with Crippen molar-refractivity contribution in [3.8, 4) is 0 Å². The molecule has 0 aromatic carbocycles. The molecule has 2 N–H and O–H groups in total. The number of nitrogens with one attached hydrogen (secondary N) is 2. The molecule has 0 aliphatic rings. The maximum atomic E-state index is 12.5. The third-order valence-electron chi connectivity index (χ3n) is 1.81. The predicted octanol–water partition coefficient (Wildman–Crippen LogP) is 1.52. The Kier molecular flexibility index (Phi) is 4.76. The summed E-state index contributed by atoms with van der Waals surface area (Å²) >= 11 is 0. The second-order valence-corrected chi connectivity index (χ2v) is 6.84. The molecule has 0 unspecified atom stereocenters. The minimum atomic E-state index is -5.94. The number of hydrogen-bond acceptors (Lipinski definition) is 2. The van der Waals surface area contributed by atoms with Gasteiger partial charge in [0, 0.05) is 0 Å². The summed E-state index contributed by atoms with van der Waals surface area (Å²) in [6.07, 6.45) is -11.5. The summed E-state index contributed by atoms with van der Waals surface area (Å²) in [6.45, 7) is -0.125. The minimum Gasteiger partial charge on any atom is -0.351 e. The van der Waals surface area contributed by atoms with Crippen LogP contribution >= 0.6 is 0 Å². The van der Waals surface area contributed by atoms with Crippen LogP contribution in [0.15, 0.2) is 0 Å². The summed E-state index contributed by atoms with van der Waals surface area (Å²) in [4.78, 5) is 21.6. The van der Waals surface area contributed by atoms with Crippen molar-refractivity contribution in [3.63, 3.8) is 0 Å². The SMILES string of the molecule is C[Si](NC(=O)C(F)(F)F)(NC(=O)C(F)(F)F)C(F)(F)F. The molecule has 0 saturated heterocycles. The van der Waals surface area contributed by atoms with E-state index in [-0.39, 0.29) is 6.55 Å². The fourth-order valence-electron chi connectivity index (χ4n) is 0.769. The molecule has 0 radical (unpaired) electrons. The Balaban J connectivity index is 5.36. The molecule has 0 aromatic rings. The van der Waals surface area contributed by atoms with E-state index >= 15 is 0 Å². The lowest BCUT2D eigenvalue weighted by Gasteiger charge is -2.30. The maximum absolute atomic E-state index is 12.5. The first-order valence-electron chi connectivity index (χ1n) is 4.36. The Bertz CT molecular complexity index is 371. The molecule has 4 nitrogen and oxygen atoms in total. The van der Waals surface area contributed by atoms with E-state index in [2.05, 4.69) is 0 Å². The Morgan fingerprint density at radius 3 is 1.15 bits per heavy atom. The highest BCUT2D eigenvalue weighted by atomic mass is 28.3. The number of carbonyl (C=O) groups excluding carboxylic acids is 2. The van der Waals surface area contributed by atoms with Gasteiger partial charge < -0.3 is 9.96 Å². The van der Waals surface area contributed by atoms with Gasteiger partial charge in [0.05, 0.1) is 0 Å². The molecule has 0 spiro atoms. The van der Waals surface area contributed by atoms with Crippen molar-refractivity contribution in [2.45, 2.75) is 24.7 Å². The third kappa shape index (κ3) is 4.57. The molecule has 14 heteroatoms. The van der Waals surface area contributed by atoms with E-state index in [1.165, 1.54) is 0 Å². The summed E-state index contributed by atoms with van der Waals surface area (Å²) in [6, 6.07) is 0. The van der Waals surface area contributed by atoms with Gasteiger partial charge in [0.15, 0.2) is 0 Å². The number of amides is 2. The molecular weight excluding hydrogens is 331 g/mol. The first kappa shape index (κ1) is 18.5. The Hall–Kier alpha value is -1.47. The number of carbonyl (C=O) groups is 2. The molecule has 118 valence electrons. The smallest absolute Gasteiger partial charge is 0.351 e. The number of hydrogen-bond donors (Lipinski definition) is 2. The summed E-state index contributed by atoms with van der Waals surface area (Å²) in [7, 11) is -5.94. The van der Waals surface area contributed by atoms with Gasteiger partial charge in [-0.25, -0.2) is 0 Å². The van der Waals surface area contributed by atoms with E-state index in [0.29, 0.717) is 9.96 Å². The van der Waals surface area contributed by atoms with Gasteiger partial charge in [-0.2, -0.15) is 39.5 Å². The zero-order chi connectivity index (χ0) is 16.6. The first-order valence-corrected chi connectivity index (χ1v) is 6.86. The average Bonchev–Trinajstić information content (AvgIpc) is 2.12. The van der Waals surface area contributed by atoms with Crippen LogP contribution in [0.25, 0.3) is 0 Å². The predicted molar refractivity (Wildman–Crippen MR) is 46.1 cm³/mol. The fourth-order valence-corrected chi connectivity index (χ4v) is 2.31. The van der Waals surface area contributed by atoms with E-state index in [1.54, 1.807) is 0 Å². The van der Waals surface area contributed by atoms with Gasteiger partial charge >= 0.3 is 38.4 Å². The van der Waals surface area contributed by atoms with Crippen molar-refractivity contribution in [2.75, 3.05) is 0 Å². The van der Waals surface area contributed by atoms with Crippen molar-refractivity contribution >= 4 is 20.2 Å². The van der Waals surface area contributed by atoms with Gasteiger partial charge in [0.1, 0.15) is 0 Å². The average molecular weight is 336 g/mol. The van der Waals surface area contributed by atoms with Gasteiger partial charge in [-0.1, -0.05) is 0 Å².